The van der Waals surface area contributed by atoms with Gasteiger partial charge in [0.1, 0.15) is 0 Å². The second-order valence-electron chi connectivity index (χ2n) is 3.77. The lowest BCUT2D eigenvalue weighted by atomic mass is 10.2. The molecule has 21 heavy (non-hydrogen) atoms. The van der Waals surface area contributed by atoms with Gasteiger partial charge in [0, 0.05) is 11.9 Å². The monoisotopic (exact) mass is 309 g/mol. The van der Waals surface area contributed by atoms with Crippen molar-refractivity contribution in [1.82, 2.24) is 4.57 Å². The summed E-state index contributed by atoms with van der Waals surface area (Å²) in [5.74, 6) is 0. The Morgan fingerprint density at radius 1 is 1.33 bits per heavy atom. The molecule has 118 valence electrons. The van der Waals surface area contributed by atoms with Gasteiger partial charge in [-0.1, -0.05) is 45.6 Å². The molecule has 0 aliphatic carbocycles. The fourth-order valence-corrected chi connectivity index (χ4v) is 1.64. The Labute approximate surface area is 133 Å². The molecule has 0 N–H and O–H groups in total. The number of carbonyl (C=O) groups excluding carboxylic acids is 1. The third-order valence-electron chi connectivity index (χ3n) is 2.50. The van der Waals surface area contributed by atoms with Gasteiger partial charge >= 0.3 is 0 Å². The number of allylic oxidation sites excluding steroid dienone is 2. The van der Waals surface area contributed by atoms with Crippen LogP contribution in [0, 0.1) is 0 Å². The van der Waals surface area contributed by atoms with E-state index in [0.717, 1.165) is 11.6 Å². The second kappa shape index (κ2) is 13.4. The Bertz CT molecular complexity index is 600. The maximum absolute atomic E-state index is 11.9. The number of pyridine rings is 1. The summed E-state index contributed by atoms with van der Waals surface area (Å²) in [6.07, 6.45) is 8.71. The summed E-state index contributed by atoms with van der Waals surface area (Å²) in [6, 6.07) is 1.59. The quantitative estimate of drug-likeness (QED) is 0.685. The van der Waals surface area contributed by atoms with Crippen molar-refractivity contribution in [2.45, 2.75) is 40.7 Å². The standard InChI is InChI=1S/C14H17NO2.C2H6.CH4S/c1-4-6-7-12-9-13(10-16)14(17)15(8-5-2)11(12)3;2*1-2/h4,6-7,9-10H,3,5,8H2,1-2H3;1-2H3;2H,1H3/b6-4-,12-7-;;. The summed E-state index contributed by atoms with van der Waals surface area (Å²) in [5.41, 5.74) is -0.0777. The molecule has 0 saturated heterocycles. The number of hydrogen-bond acceptors (Lipinski definition) is 3. The lowest BCUT2D eigenvalue weighted by Gasteiger charge is -2.06. The van der Waals surface area contributed by atoms with E-state index in [0.29, 0.717) is 18.2 Å². The Kier molecular flexibility index (Phi) is 13.9. The fourth-order valence-electron chi connectivity index (χ4n) is 1.64. The van der Waals surface area contributed by atoms with Crippen LogP contribution in [0.2, 0.25) is 0 Å². The average Bonchev–Trinajstić information content (AvgIpc) is 2.54. The Morgan fingerprint density at radius 2 is 1.90 bits per heavy atom. The highest BCUT2D eigenvalue weighted by molar-refractivity contribution is 7.79. The highest BCUT2D eigenvalue weighted by atomic mass is 32.1. The molecule has 3 nitrogen and oxygen atoms in total. The SMILES string of the molecule is C=c1/c(=C\C=C/C)cc(C=O)c(=O)n1CCC.CC.CS. The summed E-state index contributed by atoms with van der Waals surface area (Å²) >= 11 is 3.53. The minimum Gasteiger partial charge on any atom is -0.308 e. The average molecular weight is 309 g/mol. The number of nitrogens with zero attached hydrogens (tertiary/aromatic N) is 1. The van der Waals surface area contributed by atoms with Crippen LogP contribution in [0.5, 0.6) is 0 Å². The highest BCUT2D eigenvalue weighted by Crippen LogP contribution is 1.83. The first-order chi connectivity index (χ1) is 10.2. The summed E-state index contributed by atoms with van der Waals surface area (Å²) < 4.78 is 1.55. The van der Waals surface area contributed by atoms with E-state index in [4.69, 9.17) is 0 Å². The van der Waals surface area contributed by atoms with Gasteiger partial charge in [-0.3, -0.25) is 9.59 Å². The molecule has 0 aliphatic heterocycles. The molecular weight excluding hydrogens is 282 g/mol. The van der Waals surface area contributed by atoms with Crippen molar-refractivity contribution in [3.05, 3.63) is 44.7 Å². The molecule has 0 saturated carbocycles. The third-order valence-corrected chi connectivity index (χ3v) is 2.50. The molecule has 0 atom stereocenters. The first-order valence-electron chi connectivity index (χ1n) is 7.11. The molecule has 4 heteroatoms. The third kappa shape index (κ3) is 6.63. The van der Waals surface area contributed by atoms with Crippen LogP contribution in [0.25, 0.3) is 12.7 Å². The molecule has 0 amide bonds. The highest BCUT2D eigenvalue weighted by Gasteiger charge is 2.03. The molecule has 0 spiro atoms. The number of rotatable bonds is 4. The van der Waals surface area contributed by atoms with E-state index in [1.807, 2.05) is 45.9 Å². The number of aromatic nitrogens is 1. The minimum absolute atomic E-state index is 0.182. The summed E-state index contributed by atoms with van der Waals surface area (Å²) in [6.45, 7) is 12.4. The predicted octanol–water partition coefficient (Wildman–Crippen LogP) is 2.41. The zero-order chi connectivity index (χ0) is 16.8. The molecule has 0 bridgehead atoms. The van der Waals surface area contributed by atoms with Gasteiger partial charge in [-0.15, -0.1) is 0 Å². The maximum Gasteiger partial charge on any atom is 0.261 e. The van der Waals surface area contributed by atoms with Crippen molar-refractivity contribution >= 4 is 31.6 Å². The molecule has 0 unspecified atom stereocenters. The van der Waals surface area contributed by atoms with Crippen LogP contribution >= 0.6 is 12.6 Å². The van der Waals surface area contributed by atoms with Gasteiger partial charge in [0.2, 0.25) is 0 Å². The summed E-state index contributed by atoms with van der Waals surface area (Å²) in [7, 11) is 0. The number of hydrogen-bond donors (Lipinski definition) is 1. The second-order valence-corrected chi connectivity index (χ2v) is 3.77. The fraction of sp³-hybridized carbons (Fsp3) is 0.412. The molecular formula is C17H27NO2S. The van der Waals surface area contributed by atoms with Crippen molar-refractivity contribution in [3.8, 4) is 0 Å². The Morgan fingerprint density at radius 3 is 2.33 bits per heavy atom. The zero-order valence-electron chi connectivity index (χ0n) is 13.7. The van der Waals surface area contributed by atoms with Crippen LogP contribution in [0.15, 0.2) is 23.0 Å². The van der Waals surface area contributed by atoms with E-state index >= 15 is 0 Å². The van der Waals surface area contributed by atoms with Crippen LogP contribution in [0.1, 0.15) is 44.5 Å². The van der Waals surface area contributed by atoms with E-state index in [-0.39, 0.29) is 11.1 Å². The summed E-state index contributed by atoms with van der Waals surface area (Å²) in [4.78, 5) is 22.8. The summed E-state index contributed by atoms with van der Waals surface area (Å²) in [5, 5.41) is 1.46. The number of carbonyl (C=O) groups is 1. The largest absolute Gasteiger partial charge is 0.308 e. The van der Waals surface area contributed by atoms with Crippen LogP contribution < -0.4 is 16.1 Å². The Hall–Kier alpha value is -1.55. The molecule has 1 heterocycles. The molecule has 1 aromatic heterocycles. The number of thiol groups is 1. The lowest BCUT2D eigenvalue weighted by molar-refractivity contribution is 0.112. The predicted molar refractivity (Wildman–Crippen MR) is 96.7 cm³/mol. The van der Waals surface area contributed by atoms with Gasteiger partial charge in [-0.2, -0.15) is 12.6 Å². The van der Waals surface area contributed by atoms with Crippen molar-refractivity contribution < 1.29 is 4.79 Å². The Balaban J connectivity index is 0. The van der Waals surface area contributed by atoms with Crippen molar-refractivity contribution in [2.24, 2.45) is 0 Å². The van der Waals surface area contributed by atoms with Crippen LogP contribution in [-0.2, 0) is 6.54 Å². The van der Waals surface area contributed by atoms with Gasteiger partial charge in [-0.05, 0) is 30.9 Å². The van der Waals surface area contributed by atoms with Crippen molar-refractivity contribution in [1.29, 1.82) is 0 Å². The first-order valence-corrected chi connectivity index (χ1v) is 8.00. The van der Waals surface area contributed by atoms with E-state index in [1.54, 1.807) is 16.9 Å². The maximum atomic E-state index is 11.9. The molecule has 0 fully saturated rings. The molecule has 0 aliphatic rings. The smallest absolute Gasteiger partial charge is 0.261 e. The molecule has 1 rings (SSSR count). The van der Waals surface area contributed by atoms with E-state index in [1.165, 1.54) is 0 Å². The van der Waals surface area contributed by atoms with Gasteiger partial charge < -0.3 is 4.57 Å². The van der Waals surface area contributed by atoms with Crippen LogP contribution in [0.3, 0.4) is 0 Å². The van der Waals surface area contributed by atoms with E-state index < -0.39 is 0 Å². The molecule has 0 aromatic carbocycles. The lowest BCUT2D eigenvalue weighted by Crippen LogP contribution is -2.43. The van der Waals surface area contributed by atoms with Gasteiger partial charge in [0.05, 0.1) is 5.56 Å². The number of aldehydes is 1. The van der Waals surface area contributed by atoms with Crippen molar-refractivity contribution in [2.75, 3.05) is 6.26 Å². The van der Waals surface area contributed by atoms with Gasteiger partial charge in [0.25, 0.3) is 5.56 Å². The van der Waals surface area contributed by atoms with E-state index in [2.05, 4.69) is 19.2 Å². The first kappa shape index (κ1) is 21.7. The zero-order valence-corrected chi connectivity index (χ0v) is 14.6. The topological polar surface area (TPSA) is 39.1 Å². The minimum atomic E-state index is -0.260. The van der Waals surface area contributed by atoms with Crippen LogP contribution in [-0.4, -0.2) is 17.1 Å². The van der Waals surface area contributed by atoms with Gasteiger partial charge in [0.15, 0.2) is 6.29 Å². The van der Waals surface area contributed by atoms with Gasteiger partial charge in [-0.25, -0.2) is 0 Å². The van der Waals surface area contributed by atoms with Crippen LogP contribution in [0.4, 0.5) is 0 Å². The molecule has 0 radical (unpaired) electrons. The molecule has 1 aromatic rings. The van der Waals surface area contributed by atoms with E-state index in [9.17, 15) is 9.59 Å². The normalized spacial score (nSPS) is 10.5. The van der Waals surface area contributed by atoms with Crippen molar-refractivity contribution in [3.63, 3.8) is 0 Å².